The van der Waals surface area contributed by atoms with Crippen LogP contribution in [-0.2, 0) is 11.8 Å². The molecule has 4 rings (SSSR count). The number of rotatable bonds is 3. The SMILES string of the molecule is CC(=O)Nc1c(-c2cccc(-n3c(N)nc4ccccc43)c2)cnn1C. The fourth-order valence-electron chi connectivity index (χ4n) is 3.09. The second-order valence-electron chi connectivity index (χ2n) is 6.06. The molecule has 7 nitrogen and oxygen atoms in total. The Hall–Kier alpha value is -3.61. The first-order valence-electron chi connectivity index (χ1n) is 8.18. The van der Waals surface area contributed by atoms with Gasteiger partial charge in [0.25, 0.3) is 0 Å². The molecule has 130 valence electrons. The number of para-hydroxylation sites is 2. The number of imidazole rings is 1. The van der Waals surface area contributed by atoms with Crippen LogP contribution in [0.15, 0.2) is 54.7 Å². The number of hydrogen-bond acceptors (Lipinski definition) is 4. The van der Waals surface area contributed by atoms with Crippen molar-refractivity contribution >= 4 is 28.7 Å². The average molecular weight is 346 g/mol. The van der Waals surface area contributed by atoms with E-state index < -0.39 is 0 Å². The first kappa shape index (κ1) is 15.9. The van der Waals surface area contributed by atoms with E-state index in [2.05, 4.69) is 15.4 Å². The number of amides is 1. The monoisotopic (exact) mass is 346 g/mol. The van der Waals surface area contributed by atoms with Crippen molar-refractivity contribution in [3.63, 3.8) is 0 Å². The van der Waals surface area contributed by atoms with Gasteiger partial charge >= 0.3 is 0 Å². The Balaban J connectivity index is 1.86. The molecule has 26 heavy (non-hydrogen) atoms. The molecule has 0 saturated carbocycles. The van der Waals surface area contributed by atoms with Crippen molar-refractivity contribution in [2.24, 2.45) is 7.05 Å². The molecule has 2 aromatic carbocycles. The number of nitrogens with one attached hydrogen (secondary N) is 1. The van der Waals surface area contributed by atoms with E-state index >= 15 is 0 Å². The van der Waals surface area contributed by atoms with Gasteiger partial charge in [-0.15, -0.1) is 0 Å². The van der Waals surface area contributed by atoms with Crippen LogP contribution < -0.4 is 11.1 Å². The van der Waals surface area contributed by atoms with Crippen LogP contribution in [0.3, 0.4) is 0 Å². The lowest BCUT2D eigenvalue weighted by molar-refractivity contribution is -0.114. The molecular weight excluding hydrogens is 328 g/mol. The van der Waals surface area contributed by atoms with Crippen LogP contribution in [-0.4, -0.2) is 25.2 Å². The number of fused-ring (bicyclic) bond motifs is 1. The Morgan fingerprint density at radius 2 is 1.96 bits per heavy atom. The lowest BCUT2D eigenvalue weighted by Gasteiger charge is -2.10. The first-order valence-corrected chi connectivity index (χ1v) is 8.18. The van der Waals surface area contributed by atoms with Crippen molar-refractivity contribution in [2.45, 2.75) is 6.92 Å². The highest BCUT2D eigenvalue weighted by Gasteiger charge is 2.14. The third-order valence-corrected chi connectivity index (χ3v) is 4.24. The van der Waals surface area contributed by atoms with Crippen molar-refractivity contribution in [1.82, 2.24) is 19.3 Å². The molecule has 4 aromatic rings. The third kappa shape index (κ3) is 2.59. The van der Waals surface area contributed by atoms with Gasteiger partial charge in [-0.3, -0.25) is 14.0 Å². The number of carbonyl (C=O) groups excluding carboxylic acids is 1. The number of anilines is 2. The molecule has 0 spiro atoms. The van der Waals surface area contributed by atoms with Gasteiger partial charge in [0.05, 0.1) is 17.2 Å². The van der Waals surface area contributed by atoms with E-state index in [0.29, 0.717) is 11.8 Å². The molecule has 0 atom stereocenters. The summed E-state index contributed by atoms with van der Waals surface area (Å²) in [5, 5.41) is 7.10. The second kappa shape index (κ2) is 6.03. The molecule has 7 heteroatoms. The quantitative estimate of drug-likeness (QED) is 0.597. The van der Waals surface area contributed by atoms with Gasteiger partial charge in [0.15, 0.2) is 0 Å². The Bertz CT molecular complexity index is 1120. The number of nitrogens with two attached hydrogens (primary N) is 1. The van der Waals surface area contributed by atoms with Gasteiger partial charge in [0.2, 0.25) is 11.9 Å². The molecule has 0 unspecified atom stereocenters. The fourth-order valence-corrected chi connectivity index (χ4v) is 3.09. The Labute approximate surface area is 150 Å². The van der Waals surface area contributed by atoms with Crippen LogP contribution in [0.4, 0.5) is 11.8 Å². The molecular formula is C19H18N6O. The fraction of sp³-hybridized carbons (Fsp3) is 0.105. The summed E-state index contributed by atoms with van der Waals surface area (Å²) in [6.45, 7) is 1.48. The van der Waals surface area contributed by atoms with E-state index in [-0.39, 0.29) is 5.91 Å². The second-order valence-corrected chi connectivity index (χ2v) is 6.06. The Morgan fingerprint density at radius 1 is 1.15 bits per heavy atom. The molecule has 0 saturated heterocycles. The standard InChI is InChI=1S/C19H18N6O/c1-12(26)22-18-15(11-21-24(18)2)13-6-5-7-14(10-13)25-17-9-4-3-8-16(17)23-19(25)20/h3-11H,1-2H3,(H2,20,23)(H,22,26). The maximum Gasteiger partial charge on any atom is 0.222 e. The molecule has 2 heterocycles. The lowest BCUT2D eigenvalue weighted by Crippen LogP contribution is -2.10. The molecule has 0 aliphatic rings. The van der Waals surface area contributed by atoms with Crippen LogP contribution >= 0.6 is 0 Å². The van der Waals surface area contributed by atoms with Gasteiger partial charge in [-0.1, -0.05) is 24.3 Å². The predicted octanol–water partition coefficient (Wildman–Crippen LogP) is 2.97. The van der Waals surface area contributed by atoms with Crippen LogP contribution in [0.5, 0.6) is 0 Å². The highest BCUT2D eigenvalue weighted by Crippen LogP contribution is 2.30. The van der Waals surface area contributed by atoms with E-state index in [1.54, 1.807) is 17.9 Å². The average Bonchev–Trinajstić information content (AvgIpc) is 3.14. The van der Waals surface area contributed by atoms with Crippen molar-refractivity contribution in [3.8, 4) is 16.8 Å². The van der Waals surface area contributed by atoms with Gasteiger partial charge in [-0.05, 0) is 29.8 Å². The minimum atomic E-state index is -0.143. The summed E-state index contributed by atoms with van der Waals surface area (Å²) in [6, 6.07) is 15.7. The molecule has 2 aromatic heterocycles. The maximum absolute atomic E-state index is 11.5. The molecule has 0 aliphatic heterocycles. The van der Waals surface area contributed by atoms with Gasteiger partial charge < -0.3 is 11.1 Å². The number of aryl methyl sites for hydroxylation is 1. The molecule has 0 fully saturated rings. The highest BCUT2D eigenvalue weighted by atomic mass is 16.1. The number of nitrogens with zero attached hydrogens (tertiary/aromatic N) is 4. The summed E-state index contributed by atoms with van der Waals surface area (Å²) in [5.41, 5.74) is 10.6. The van der Waals surface area contributed by atoms with E-state index in [0.717, 1.165) is 27.8 Å². The molecule has 0 aliphatic carbocycles. The summed E-state index contributed by atoms with van der Waals surface area (Å²) in [6.07, 6.45) is 1.74. The number of nitrogen functional groups attached to an aromatic ring is 1. The Morgan fingerprint density at radius 3 is 2.77 bits per heavy atom. The zero-order valence-electron chi connectivity index (χ0n) is 14.5. The van der Waals surface area contributed by atoms with Crippen LogP contribution in [0.2, 0.25) is 0 Å². The van der Waals surface area contributed by atoms with Gasteiger partial charge in [0, 0.05) is 25.2 Å². The third-order valence-electron chi connectivity index (χ3n) is 4.24. The van der Waals surface area contributed by atoms with Crippen molar-refractivity contribution in [1.29, 1.82) is 0 Å². The molecule has 1 amide bonds. The van der Waals surface area contributed by atoms with Gasteiger partial charge in [-0.25, -0.2) is 4.98 Å². The van der Waals surface area contributed by atoms with Crippen LogP contribution in [0.1, 0.15) is 6.92 Å². The summed E-state index contributed by atoms with van der Waals surface area (Å²) >= 11 is 0. The Kier molecular flexibility index (Phi) is 3.69. The van der Waals surface area contributed by atoms with Gasteiger partial charge in [-0.2, -0.15) is 5.10 Å². The number of hydrogen-bond donors (Lipinski definition) is 2. The number of benzene rings is 2. The summed E-state index contributed by atoms with van der Waals surface area (Å²) in [4.78, 5) is 15.9. The summed E-state index contributed by atoms with van der Waals surface area (Å²) in [7, 11) is 1.79. The lowest BCUT2D eigenvalue weighted by atomic mass is 10.1. The van der Waals surface area contributed by atoms with Crippen LogP contribution in [0.25, 0.3) is 27.8 Å². The normalized spacial score (nSPS) is 11.0. The maximum atomic E-state index is 11.5. The minimum Gasteiger partial charge on any atom is -0.369 e. The van der Waals surface area contributed by atoms with Crippen molar-refractivity contribution in [2.75, 3.05) is 11.1 Å². The summed E-state index contributed by atoms with van der Waals surface area (Å²) < 4.78 is 3.55. The molecule has 3 N–H and O–H groups in total. The number of aromatic nitrogens is 4. The van der Waals surface area contributed by atoms with Crippen molar-refractivity contribution in [3.05, 3.63) is 54.7 Å². The van der Waals surface area contributed by atoms with E-state index in [9.17, 15) is 4.79 Å². The topological polar surface area (TPSA) is 90.8 Å². The smallest absolute Gasteiger partial charge is 0.222 e. The van der Waals surface area contributed by atoms with E-state index in [1.165, 1.54) is 6.92 Å². The van der Waals surface area contributed by atoms with E-state index in [1.807, 2.05) is 53.1 Å². The molecule has 0 bridgehead atoms. The minimum absolute atomic E-state index is 0.143. The predicted molar refractivity (Wildman–Crippen MR) is 102 cm³/mol. The van der Waals surface area contributed by atoms with Crippen molar-refractivity contribution < 1.29 is 4.79 Å². The zero-order chi connectivity index (χ0) is 18.3. The summed E-state index contributed by atoms with van der Waals surface area (Å²) in [5.74, 6) is 0.936. The first-order chi connectivity index (χ1) is 12.5. The van der Waals surface area contributed by atoms with Gasteiger partial charge in [0.1, 0.15) is 5.82 Å². The zero-order valence-corrected chi connectivity index (χ0v) is 14.5. The number of carbonyl (C=O) groups is 1. The highest BCUT2D eigenvalue weighted by molar-refractivity contribution is 5.93. The van der Waals surface area contributed by atoms with E-state index in [4.69, 9.17) is 5.73 Å². The van der Waals surface area contributed by atoms with Crippen LogP contribution in [0, 0.1) is 0 Å². The molecule has 0 radical (unpaired) electrons. The largest absolute Gasteiger partial charge is 0.369 e.